The fourth-order valence-electron chi connectivity index (χ4n) is 2.77. The van der Waals surface area contributed by atoms with Crippen LogP contribution in [0, 0.1) is 17.2 Å². The number of hydrogen-bond acceptors (Lipinski definition) is 4. The molecule has 3 aromatic rings. The van der Waals surface area contributed by atoms with E-state index in [0.717, 1.165) is 15.9 Å². The van der Waals surface area contributed by atoms with Gasteiger partial charge in [-0.15, -0.1) is 11.3 Å². The van der Waals surface area contributed by atoms with Crippen LogP contribution < -0.4 is 5.32 Å². The molecule has 0 radical (unpaired) electrons. The molecule has 0 spiro atoms. The Bertz CT molecular complexity index is 875. The molecule has 5 nitrogen and oxygen atoms in total. The number of hydrogen-bond donors (Lipinski definition) is 1. The van der Waals surface area contributed by atoms with E-state index >= 15 is 0 Å². The molecule has 2 aromatic heterocycles. The predicted molar refractivity (Wildman–Crippen MR) is 79.9 cm³/mol. The number of anilines is 1. The zero-order valence-corrected chi connectivity index (χ0v) is 11.7. The molecule has 3 heterocycles. The number of aromatic nitrogens is 2. The number of thiophene rings is 1. The van der Waals surface area contributed by atoms with Crippen molar-refractivity contribution in [2.24, 2.45) is 5.92 Å². The number of benzene rings is 1. The first-order valence-corrected chi connectivity index (χ1v) is 7.38. The Morgan fingerprint density at radius 3 is 2.90 bits per heavy atom. The lowest BCUT2D eigenvalue weighted by molar-refractivity contribution is -0.119. The molecule has 102 valence electrons. The van der Waals surface area contributed by atoms with Crippen LogP contribution in [0.3, 0.4) is 0 Å². The minimum absolute atomic E-state index is 0.293. The molecule has 1 aliphatic heterocycles. The van der Waals surface area contributed by atoms with Gasteiger partial charge >= 0.3 is 0 Å². The van der Waals surface area contributed by atoms with Gasteiger partial charge in [-0.1, -0.05) is 18.2 Å². The predicted octanol–water partition coefficient (Wildman–Crippen LogP) is 2.78. The van der Waals surface area contributed by atoms with Crippen LogP contribution >= 0.6 is 11.3 Å². The van der Waals surface area contributed by atoms with Crippen molar-refractivity contribution in [3.8, 4) is 6.07 Å². The first-order chi connectivity index (χ1) is 10.3. The lowest BCUT2D eigenvalue weighted by Gasteiger charge is -2.28. The van der Waals surface area contributed by atoms with Gasteiger partial charge in [0.2, 0.25) is 11.9 Å². The summed E-state index contributed by atoms with van der Waals surface area (Å²) in [6, 6.07) is 13.4. The SMILES string of the molecule is N#C[C@@H]1C(=O)Nc2nc3ccccc3n2[C@H]1c1cccs1. The average molecular weight is 294 g/mol. The standard InChI is InChI=1S/C15H10N4OS/c16-8-9-13(12-6-3-7-21-12)19-11-5-2-1-4-10(11)17-15(19)18-14(9)20/h1-7,9,13H,(H,17,18,20)/t9-,13+/m0/s1. The van der Waals surface area contributed by atoms with Gasteiger partial charge in [-0.05, 0) is 23.6 Å². The number of amides is 1. The van der Waals surface area contributed by atoms with Crippen LogP contribution in [0.2, 0.25) is 0 Å². The van der Waals surface area contributed by atoms with Crippen molar-refractivity contribution in [1.82, 2.24) is 9.55 Å². The summed E-state index contributed by atoms with van der Waals surface area (Å²) < 4.78 is 1.95. The van der Waals surface area contributed by atoms with E-state index in [1.807, 2.05) is 46.3 Å². The minimum atomic E-state index is -0.756. The summed E-state index contributed by atoms with van der Waals surface area (Å²) in [5, 5.41) is 14.1. The number of nitrogens with one attached hydrogen (secondary N) is 1. The molecule has 0 saturated carbocycles. The highest BCUT2D eigenvalue weighted by Gasteiger charge is 2.39. The van der Waals surface area contributed by atoms with Crippen molar-refractivity contribution in [2.75, 3.05) is 5.32 Å². The van der Waals surface area contributed by atoms with Gasteiger partial charge in [-0.3, -0.25) is 14.7 Å². The van der Waals surface area contributed by atoms with E-state index in [1.54, 1.807) is 11.3 Å². The van der Waals surface area contributed by atoms with Gasteiger partial charge in [0.1, 0.15) is 0 Å². The van der Waals surface area contributed by atoms with Crippen LogP contribution in [0.5, 0.6) is 0 Å². The maximum Gasteiger partial charge on any atom is 0.246 e. The first kappa shape index (κ1) is 12.1. The molecule has 1 aliphatic rings. The van der Waals surface area contributed by atoms with Crippen molar-refractivity contribution in [1.29, 1.82) is 5.26 Å². The van der Waals surface area contributed by atoms with Crippen molar-refractivity contribution >= 4 is 34.2 Å². The second-order valence-corrected chi connectivity index (χ2v) is 5.83. The van der Waals surface area contributed by atoms with Gasteiger partial charge in [0, 0.05) is 4.88 Å². The highest BCUT2D eigenvalue weighted by Crippen LogP contribution is 2.39. The molecule has 1 aromatic carbocycles. The summed E-state index contributed by atoms with van der Waals surface area (Å²) in [5.41, 5.74) is 1.74. The highest BCUT2D eigenvalue weighted by molar-refractivity contribution is 7.10. The molecule has 6 heteroatoms. The van der Waals surface area contributed by atoms with E-state index in [-0.39, 0.29) is 11.9 Å². The van der Waals surface area contributed by atoms with E-state index in [2.05, 4.69) is 16.4 Å². The Balaban J connectivity index is 2.04. The Kier molecular flexibility index (Phi) is 2.56. The minimum Gasteiger partial charge on any atom is -0.300 e. The summed E-state index contributed by atoms with van der Waals surface area (Å²) in [6.45, 7) is 0. The number of fused-ring (bicyclic) bond motifs is 3. The zero-order chi connectivity index (χ0) is 14.4. The topological polar surface area (TPSA) is 70.7 Å². The van der Waals surface area contributed by atoms with Crippen LogP contribution in [-0.2, 0) is 4.79 Å². The lowest BCUT2D eigenvalue weighted by Crippen LogP contribution is -2.36. The number of carbonyl (C=O) groups excluding carboxylic acids is 1. The Labute approximate surface area is 124 Å². The zero-order valence-electron chi connectivity index (χ0n) is 10.9. The van der Waals surface area contributed by atoms with E-state index in [9.17, 15) is 10.1 Å². The molecular formula is C15H10N4OS. The maximum atomic E-state index is 12.2. The van der Waals surface area contributed by atoms with Gasteiger partial charge in [0.15, 0.2) is 5.92 Å². The average Bonchev–Trinajstić information content (AvgIpc) is 3.13. The monoisotopic (exact) mass is 294 g/mol. The first-order valence-electron chi connectivity index (χ1n) is 6.50. The number of carbonyl (C=O) groups is 1. The lowest BCUT2D eigenvalue weighted by atomic mass is 9.96. The van der Waals surface area contributed by atoms with Gasteiger partial charge in [0.25, 0.3) is 0 Å². The van der Waals surface area contributed by atoms with Crippen LogP contribution in [0.15, 0.2) is 41.8 Å². The number of para-hydroxylation sites is 2. The smallest absolute Gasteiger partial charge is 0.246 e. The molecule has 0 aliphatic carbocycles. The number of imidazole rings is 1. The number of rotatable bonds is 1. The normalized spacial score (nSPS) is 20.8. The second kappa shape index (κ2) is 4.43. The van der Waals surface area contributed by atoms with Crippen molar-refractivity contribution in [3.63, 3.8) is 0 Å². The third-order valence-corrected chi connectivity index (χ3v) is 4.62. The van der Waals surface area contributed by atoms with Gasteiger partial charge in [-0.25, -0.2) is 4.98 Å². The van der Waals surface area contributed by atoms with Crippen molar-refractivity contribution in [3.05, 3.63) is 46.7 Å². The Morgan fingerprint density at radius 1 is 1.29 bits per heavy atom. The largest absolute Gasteiger partial charge is 0.300 e. The molecular weight excluding hydrogens is 284 g/mol. The molecule has 0 bridgehead atoms. The van der Waals surface area contributed by atoms with E-state index in [0.29, 0.717) is 5.95 Å². The van der Waals surface area contributed by atoms with E-state index in [1.165, 1.54) is 0 Å². The highest BCUT2D eigenvalue weighted by atomic mass is 32.1. The molecule has 0 saturated heterocycles. The van der Waals surface area contributed by atoms with E-state index < -0.39 is 5.92 Å². The molecule has 1 amide bonds. The fraction of sp³-hybridized carbons (Fsp3) is 0.133. The molecule has 21 heavy (non-hydrogen) atoms. The number of nitrogens with zero attached hydrogens (tertiary/aromatic N) is 3. The summed E-state index contributed by atoms with van der Waals surface area (Å²) in [6.07, 6.45) is 0. The van der Waals surface area contributed by atoms with Crippen molar-refractivity contribution < 1.29 is 4.79 Å². The Morgan fingerprint density at radius 2 is 2.14 bits per heavy atom. The second-order valence-electron chi connectivity index (χ2n) is 4.85. The van der Waals surface area contributed by atoms with Gasteiger partial charge in [-0.2, -0.15) is 5.26 Å². The van der Waals surface area contributed by atoms with Crippen LogP contribution in [0.25, 0.3) is 11.0 Å². The van der Waals surface area contributed by atoms with Gasteiger partial charge in [0.05, 0.1) is 23.1 Å². The molecule has 1 N–H and O–H groups in total. The molecule has 0 unspecified atom stereocenters. The molecule has 2 atom stereocenters. The third-order valence-electron chi connectivity index (χ3n) is 3.68. The van der Waals surface area contributed by atoms with Gasteiger partial charge < -0.3 is 0 Å². The van der Waals surface area contributed by atoms with Crippen LogP contribution in [0.4, 0.5) is 5.95 Å². The van der Waals surface area contributed by atoms with E-state index in [4.69, 9.17) is 0 Å². The Hall–Kier alpha value is -2.65. The number of nitriles is 1. The third kappa shape index (κ3) is 1.68. The summed E-state index contributed by atoms with van der Waals surface area (Å²) in [7, 11) is 0. The molecule has 4 rings (SSSR count). The summed E-state index contributed by atoms with van der Waals surface area (Å²) >= 11 is 1.55. The fourth-order valence-corrected chi connectivity index (χ4v) is 3.63. The quantitative estimate of drug-likeness (QED) is 0.750. The maximum absolute atomic E-state index is 12.2. The summed E-state index contributed by atoms with van der Waals surface area (Å²) in [5.74, 6) is -0.543. The van der Waals surface area contributed by atoms with Crippen LogP contribution in [-0.4, -0.2) is 15.5 Å². The van der Waals surface area contributed by atoms with Crippen LogP contribution in [0.1, 0.15) is 10.9 Å². The van der Waals surface area contributed by atoms with Crippen molar-refractivity contribution in [2.45, 2.75) is 6.04 Å². The molecule has 0 fully saturated rings. The summed E-state index contributed by atoms with van der Waals surface area (Å²) in [4.78, 5) is 17.6.